The van der Waals surface area contributed by atoms with E-state index >= 15 is 0 Å². The van der Waals surface area contributed by atoms with Gasteiger partial charge in [-0.1, -0.05) is 0 Å². The van der Waals surface area contributed by atoms with Gasteiger partial charge in [-0.25, -0.2) is 0 Å². The Hall–Kier alpha value is -2.15. The van der Waals surface area contributed by atoms with Crippen LogP contribution in [0, 0.1) is 10.1 Å². The molecule has 1 aromatic carbocycles. The van der Waals surface area contributed by atoms with Gasteiger partial charge in [-0.05, 0) is 32.9 Å². The third kappa shape index (κ3) is 4.41. The van der Waals surface area contributed by atoms with Crippen LogP contribution in [-0.4, -0.2) is 54.0 Å². The lowest BCUT2D eigenvalue weighted by atomic mass is 10.2. The first-order valence-electron chi connectivity index (χ1n) is 7.92. The molecule has 2 rings (SSSR count). The van der Waals surface area contributed by atoms with Crippen LogP contribution >= 0.6 is 0 Å². The lowest BCUT2D eigenvalue weighted by Crippen LogP contribution is -2.54. The van der Waals surface area contributed by atoms with Crippen LogP contribution < -0.4 is 10.2 Å². The number of hydrogen-bond acceptors (Lipinski definition) is 5. The molecule has 7 nitrogen and oxygen atoms in total. The van der Waals surface area contributed by atoms with Gasteiger partial charge in [0.2, 0.25) is 5.91 Å². The van der Waals surface area contributed by atoms with Crippen molar-refractivity contribution in [3.05, 3.63) is 34.4 Å². The van der Waals surface area contributed by atoms with E-state index in [0.717, 1.165) is 31.9 Å². The Labute approximate surface area is 136 Å². The second kappa shape index (κ2) is 7.41. The standard InChI is InChI=1S/C16H24N4O3/c1-12(2)17-16(21)13(3)18-8-10-19(11-9-18)14-4-6-15(7-5-14)20(22)23/h4-7,12-13H,8-11H2,1-3H3,(H,17,21). The number of benzene rings is 1. The molecule has 1 unspecified atom stereocenters. The molecular formula is C16H24N4O3. The number of rotatable bonds is 5. The molecule has 0 saturated carbocycles. The first-order chi connectivity index (χ1) is 10.9. The lowest BCUT2D eigenvalue weighted by molar-refractivity contribution is -0.384. The number of amides is 1. The van der Waals surface area contributed by atoms with Crippen molar-refractivity contribution in [3.8, 4) is 0 Å². The first kappa shape index (κ1) is 17.2. The van der Waals surface area contributed by atoms with E-state index in [1.54, 1.807) is 12.1 Å². The summed E-state index contributed by atoms with van der Waals surface area (Å²) in [6, 6.07) is 6.62. The molecule has 0 spiro atoms. The highest BCUT2D eigenvalue weighted by molar-refractivity contribution is 5.81. The number of nitrogens with zero attached hydrogens (tertiary/aromatic N) is 3. The fraction of sp³-hybridized carbons (Fsp3) is 0.562. The Morgan fingerprint density at radius 3 is 2.17 bits per heavy atom. The molecule has 1 saturated heterocycles. The normalized spacial score (nSPS) is 17.1. The summed E-state index contributed by atoms with van der Waals surface area (Å²) in [7, 11) is 0. The number of non-ortho nitro benzene ring substituents is 1. The zero-order valence-corrected chi connectivity index (χ0v) is 13.9. The molecule has 1 aromatic rings. The van der Waals surface area contributed by atoms with Crippen molar-refractivity contribution in [3.63, 3.8) is 0 Å². The van der Waals surface area contributed by atoms with Gasteiger partial charge in [-0.3, -0.25) is 19.8 Å². The SMILES string of the molecule is CC(C)NC(=O)C(C)N1CCN(c2ccc([N+](=O)[O-])cc2)CC1. The number of hydrogen-bond donors (Lipinski definition) is 1. The molecule has 7 heteroatoms. The summed E-state index contributed by atoms with van der Waals surface area (Å²) in [5.74, 6) is 0.0591. The van der Waals surface area contributed by atoms with Crippen molar-refractivity contribution >= 4 is 17.3 Å². The second-order valence-corrected chi connectivity index (χ2v) is 6.14. The molecule has 126 valence electrons. The van der Waals surface area contributed by atoms with Gasteiger partial charge in [0.25, 0.3) is 5.69 Å². The molecular weight excluding hydrogens is 296 g/mol. The topological polar surface area (TPSA) is 78.7 Å². The molecule has 1 atom stereocenters. The highest BCUT2D eigenvalue weighted by Gasteiger charge is 2.26. The van der Waals surface area contributed by atoms with Crippen LogP contribution in [0.25, 0.3) is 0 Å². The molecule has 0 aromatic heterocycles. The van der Waals surface area contributed by atoms with E-state index in [0.29, 0.717) is 0 Å². The number of nitro groups is 1. The van der Waals surface area contributed by atoms with Crippen molar-refractivity contribution in [1.29, 1.82) is 0 Å². The van der Waals surface area contributed by atoms with E-state index in [1.165, 1.54) is 12.1 Å². The molecule has 0 aliphatic carbocycles. The predicted molar refractivity (Wildman–Crippen MR) is 89.6 cm³/mol. The number of nitro benzene ring substituents is 1. The van der Waals surface area contributed by atoms with Gasteiger partial charge < -0.3 is 10.2 Å². The summed E-state index contributed by atoms with van der Waals surface area (Å²) in [5.41, 5.74) is 1.08. The summed E-state index contributed by atoms with van der Waals surface area (Å²) in [6.45, 7) is 9.04. The van der Waals surface area contributed by atoms with Crippen LogP contribution in [0.3, 0.4) is 0 Å². The van der Waals surface area contributed by atoms with E-state index in [1.807, 2.05) is 20.8 Å². The lowest BCUT2D eigenvalue weighted by Gasteiger charge is -2.38. The quantitative estimate of drug-likeness (QED) is 0.659. The minimum Gasteiger partial charge on any atom is -0.369 e. The van der Waals surface area contributed by atoms with E-state index < -0.39 is 4.92 Å². The predicted octanol–water partition coefficient (Wildman–Crippen LogP) is 1.63. The maximum Gasteiger partial charge on any atom is 0.269 e. The average Bonchev–Trinajstić information content (AvgIpc) is 2.53. The van der Waals surface area contributed by atoms with E-state index in [9.17, 15) is 14.9 Å². The number of carbonyl (C=O) groups is 1. The Balaban J connectivity index is 1.90. The van der Waals surface area contributed by atoms with Gasteiger partial charge in [-0.15, -0.1) is 0 Å². The van der Waals surface area contributed by atoms with Crippen molar-refractivity contribution in [2.45, 2.75) is 32.9 Å². The van der Waals surface area contributed by atoms with Crippen LogP contribution in [0.2, 0.25) is 0 Å². The van der Waals surface area contributed by atoms with Crippen molar-refractivity contribution < 1.29 is 9.72 Å². The minimum absolute atomic E-state index is 0.0591. The fourth-order valence-electron chi connectivity index (χ4n) is 2.72. The molecule has 0 radical (unpaired) electrons. The van der Waals surface area contributed by atoms with Crippen LogP contribution in [0.15, 0.2) is 24.3 Å². The van der Waals surface area contributed by atoms with E-state index in [2.05, 4.69) is 15.1 Å². The van der Waals surface area contributed by atoms with Gasteiger partial charge in [0.1, 0.15) is 0 Å². The summed E-state index contributed by atoms with van der Waals surface area (Å²) in [6.07, 6.45) is 0. The molecule has 0 bridgehead atoms. The Morgan fingerprint density at radius 2 is 1.70 bits per heavy atom. The zero-order chi connectivity index (χ0) is 17.0. The Morgan fingerprint density at radius 1 is 1.13 bits per heavy atom. The smallest absolute Gasteiger partial charge is 0.269 e. The molecule has 1 heterocycles. The molecule has 1 aliphatic rings. The minimum atomic E-state index is -0.392. The maximum absolute atomic E-state index is 12.1. The van der Waals surface area contributed by atoms with Gasteiger partial charge in [0, 0.05) is 50.0 Å². The number of nitrogens with one attached hydrogen (secondary N) is 1. The third-order valence-electron chi connectivity index (χ3n) is 4.10. The Bertz CT molecular complexity index is 551. The van der Waals surface area contributed by atoms with Gasteiger partial charge in [-0.2, -0.15) is 0 Å². The molecule has 23 heavy (non-hydrogen) atoms. The monoisotopic (exact) mass is 320 g/mol. The molecule has 1 aliphatic heterocycles. The maximum atomic E-state index is 12.1. The highest BCUT2D eigenvalue weighted by atomic mass is 16.6. The van der Waals surface area contributed by atoms with Crippen LogP contribution in [0.1, 0.15) is 20.8 Å². The second-order valence-electron chi connectivity index (χ2n) is 6.14. The number of piperazine rings is 1. The van der Waals surface area contributed by atoms with E-state index in [-0.39, 0.29) is 23.7 Å². The van der Waals surface area contributed by atoms with Crippen LogP contribution in [0.4, 0.5) is 11.4 Å². The number of carbonyl (C=O) groups excluding carboxylic acids is 1. The van der Waals surface area contributed by atoms with Crippen LogP contribution in [0.5, 0.6) is 0 Å². The van der Waals surface area contributed by atoms with E-state index in [4.69, 9.17) is 0 Å². The molecule has 1 fully saturated rings. The summed E-state index contributed by atoms with van der Waals surface area (Å²) >= 11 is 0. The van der Waals surface area contributed by atoms with Gasteiger partial charge in [0.15, 0.2) is 0 Å². The Kier molecular flexibility index (Phi) is 5.54. The first-order valence-corrected chi connectivity index (χ1v) is 7.92. The summed E-state index contributed by atoms with van der Waals surface area (Å²) in [5, 5.41) is 13.6. The third-order valence-corrected chi connectivity index (χ3v) is 4.10. The molecule has 1 amide bonds. The summed E-state index contributed by atoms with van der Waals surface area (Å²) in [4.78, 5) is 26.7. The number of anilines is 1. The van der Waals surface area contributed by atoms with Crippen molar-refractivity contribution in [2.75, 3.05) is 31.1 Å². The van der Waals surface area contributed by atoms with Crippen LogP contribution in [-0.2, 0) is 4.79 Å². The zero-order valence-electron chi connectivity index (χ0n) is 13.9. The molecule has 1 N–H and O–H groups in total. The summed E-state index contributed by atoms with van der Waals surface area (Å²) < 4.78 is 0. The highest BCUT2D eigenvalue weighted by Crippen LogP contribution is 2.21. The van der Waals surface area contributed by atoms with Gasteiger partial charge >= 0.3 is 0 Å². The van der Waals surface area contributed by atoms with Crippen molar-refractivity contribution in [2.24, 2.45) is 0 Å². The van der Waals surface area contributed by atoms with Gasteiger partial charge in [0.05, 0.1) is 11.0 Å². The largest absolute Gasteiger partial charge is 0.369 e. The average molecular weight is 320 g/mol. The van der Waals surface area contributed by atoms with Crippen molar-refractivity contribution in [1.82, 2.24) is 10.2 Å². The fourth-order valence-corrected chi connectivity index (χ4v) is 2.72.